The van der Waals surface area contributed by atoms with Crippen molar-refractivity contribution >= 4 is 35.1 Å². The predicted octanol–water partition coefficient (Wildman–Crippen LogP) is 3.58. The van der Waals surface area contributed by atoms with Crippen LogP contribution in [0, 0.1) is 0 Å². The molecular formula is C18H15Cl2NO5. The van der Waals surface area contributed by atoms with Crippen LogP contribution in [0.25, 0.3) is 0 Å². The maximum absolute atomic E-state index is 12.2. The summed E-state index contributed by atoms with van der Waals surface area (Å²) in [6.45, 7) is 1.91. The summed E-state index contributed by atoms with van der Waals surface area (Å²) in [5.74, 6) is 0.0918. The van der Waals surface area contributed by atoms with Crippen molar-refractivity contribution in [1.82, 2.24) is 5.32 Å². The first-order valence-corrected chi connectivity index (χ1v) is 8.52. The molecule has 1 heterocycles. The fourth-order valence-corrected chi connectivity index (χ4v) is 2.90. The Morgan fingerprint density at radius 1 is 1.15 bits per heavy atom. The zero-order valence-electron chi connectivity index (χ0n) is 13.8. The van der Waals surface area contributed by atoms with Gasteiger partial charge in [-0.15, -0.1) is 0 Å². The number of carbonyl (C=O) groups is 2. The Labute approximate surface area is 159 Å². The summed E-state index contributed by atoms with van der Waals surface area (Å²) in [7, 11) is 0. The molecule has 0 fully saturated rings. The van der Waals surface area contributed by atoms with Gasteiger partial charge in [0.15, 0.2) is 17.6 Å². The van der Waals surface area contributed by atoms with E-state index in [0.29, 0.717) is 11.5 Å². The zero-order chi connectivity index (χ0) is 18.7. The maximum Gasteiger partial charge on any atom is 0.341 e. The zero-order valence-corrected chi connectivity index (χ0v) is 15.3. The molecule has 1 aliphatic heterocycles. The van der Waals surface area contributed by atoms with Crippen molar-refractivity contribution in [1.29, 1.82) is 0 Å². The summed E-state index contributed by atoms with van der Waals surface area (Å²) in [6, 6.07) is 10.0. The van der Waals surface area contributed by atoms with E-state index in [2.05, 4.69) is 5.32 Å². The predicted molar refractivity (Wildman–Crippen MR) is 95.8 cm³/mol. The first-order chi connectivity index (χ1) is 12.5. The number of fused-ring (bicyclic) bond motifs is 1. The molecule has 0 saturated carbocycles. The lowest BCUT2D eigenvalue weighted by molar-refractivity contribution is -0.129. The van der Waals surface area contributed by atoms with Crippen molar-refractivity contribution in [3.63, 3.8) is 0 Å². The molecule has 0 bridgehead atoms. The second-order valence-electron chi connectivity index (χ2n) is 5.55. The molecule has 0 saturated heterocycles. The van der Waals surface area contributed by atoms with E-state index >= 15 is 0 Å². The van der Waals surface area contributed by atoms with E-state index in [1.54, 1.807) is 18.2 Å². The van der Waals surface area contributed by atoms with Crippen LogP contribution < -0.4 is 14.8 Å². The normalized spacial score (nSPS) is 13.2. The van der Waals surface area contributed by atoms with Crippen LogP contribution in [0.15, 0.2) is 36.4 Å². The molecule has 2 aromatic rings. The molecule has 0 aliphatic carbocycles. The van der Waals surface area contributed by atoms with Crippen LogP contribution in [0.4, 0.5) is 0 Å². The molecular weight excluding hydrogens is 381 g/mol. The molecule has 0 radical (unpaired) electrons. The second-order valence-corrected chi connectivity index (χ2v) is 6.36. The van der Waals surface area contributed by atoms with Gasteiger partial charge in [0.1, 0.15) is 0 Å². The van der Waals surface area contributed by atoms with Gasteiger partial charge in [-0.25, -0.2) is 4.79 Å². The summed E-state index contributed by atoms with van der Waals surface area (Å²) in [5.41, 5.74) is 0.863. The van der Waals surface area contributed by atoms with Crippen LogP contribution in [0.5, 0.6) is 11.5 Å². The molecule has 1 amide bonds. The molecule has 1 aliphatic rings. The van der Waals surface area contributed by atoms with E-state index in [0.717, 1.165) is 5.56 Å². The quantitative estimate of drug-likeness (QED) is 0.783. The summed E-state index contributed by atoms with van der Waals surface area (Å²) >= 11 is 11.9. The highest BCUT2D eigenvalue weighted by molar-refractivity contribution is 6.39. The SMILES string of the molecule is C[C@@H](OC(=O)c1c(Cl)cccc1Cl)C(=O)NCc1ccc2c(c1)OCO2. The average Bonchev–Trinajstić information content (AvgIpc) is 3.07. The molecule has 0 aromatic heterocycles. The number of nitrogens with one attached hydrogen (secondary N) is 1. The standard InChI is InChI=1S/C18H15Cl2NO5/c1-10(26-18(23)16-12(19)3-2-4-13(16)20)17(22)21-8-11-5-6-14-15(7-11)25-9-24-14/h2-7,10H,8-9H2,1H3,(H,21,22)/t10-/m1/s1. The van der Waals surface area contributed by atoms with E-state index < -0.39 is 18.0 Å². The van der Waals surface area contributed by atoms with E-state index in [9.17, 15) is 9.59 Å². The van der Waals surface area contributed by atoms with Crippen LogP contribution in [0.2, 0.25) is 10.0 Å². The van der Waals surface area contributed by atoms with Gasteiger partial charge in [0.05, 0.1) is 15.6 Å². The van der Waals surface area contributed by atoms with Crippen LogP contribution in [-0.2, 0) is 16.1 Å². The third kappa shape index (κ3) is 4.03. The van der Waals surface area contributed by atoms with Gasteiger partial charge in [-0.1, -0.05) is 35.3 Å². The van der Waals surface area contributed by atoms with Crippen molar-refractivity contribution < 1.29 is 23.8 Å². The first kappa shape index (κ1) is 18.4. The van der Waals surface area contributed by atoms with Gasteiger partial charge in [-0.2, -0.15) is 0 Å². The Morgan fingerprint density at radius 3 is 2.58 bits per heavy atom. The largest absolute Gasteiger partial charge is 0.454 e. The molecule has 26 heavy (non-hydrogen) atoms. The molecule has 1 N–H and O–H groups in total. The monoisotopic (exact) mass is 395 g/mol. The molecule has 0 unspecified atom stereocenters. The Hall–Kier alpha value is -2.44. The highest BCUT2D eigenvalue weighted by Crippen LogP contribution is 2.32. The number of ether oxygens (including phenoxy) is 3. The number of hydrogen-bond donors (Lipinski definition) is 1. The number of esters is 1. The third-order valence-electron chi connectivity index (χ3n) is 3.72. The van der Waals surface area contributed by atoms with E-state index in [4.69, 9.17) is 37.4 Å². The van der Waals surface area contributed by atoms with Gasteiger partial charge in [0.2, 0.25) is 6.79 Å². The maximum atomic E-state index is 12.2. The minimum atomic E-state index is -1.01. The van der Waals surface area contributed by atoms with Crippen LogP contribution in [0.1, 0.15) is 22.8 Å². The molecule has 2 aromatic carbocycles. The van der Waals surface area contributed by atoms with E-state index in [1.165, 1.54) is 19.1 Å². The molecule has 0 spiro atoms. The Morgan fingerprint density at radius 2 is 1.85 bits per heavy atom. The summed E-state index contributed by atoms with van der Waals surface area (Å²) in [5, 5.41) is 3.02. The second kappa shape index (κ2) is 7.85. The molecule has 1 atom stereocenters. The lowest BCUT2D eigenvalue weighted by Gasteiger charge is -2.14. The van der Waals surface area contributed by atoms with Gasteiger partial charge >= 0.3 is 5.97 Å². The fraction of sp³-hybridized carbons (Fsp3) is 0.222. The molecule has 6 nitrogen and oxygen atoms in total. The fourth-order valence-electron chi connectivity index (χ4n) is 2.35. The van der Waals surface area contributed by atoms with Crippen LogP contribution in [-0.4, -0.2) is 24.8 Å². The lowest BCUT2D eigenvalue weighted by atomic mass is 10.2. The molecule has 3 rings (SSSR count). The van der Waals surface area contributed by atoms with Gasteiger partial charge in [-0.3, -0.25) is 4.79 Å². The number of halogens is 2. The van der Waals surface area contributed by atoms with Crippen molar-refractivity contribution in [3.8, 4) is 11.5 Å². The van der Waals surface area contributed by atoms with Crippen molar-refractivity contribution in [2.75, 3.05) is 6.79 Å². The smallest absolute Gasteiger partial charge is 0.341 e. The summed E-state index contributed by atoms with van der Waals surface area (Å²) in [6.07, 6.45) is -1.01. The third-order valence-corrected chi connectivity index (χ3v) is 4.35. The number of amides is 1. The van der Waals surface area contributed by atoms with E-state index in [-0.39, 0.29) is 28.9 Å². The minimum absolute atomic E-state index is 0.0336. The highest BCUT2D eigenvalue weighted by Gasteiger charge is 2.22. The Kier molecular flexibility index (Phi) is 5.54. The number of hydrogen-bond acceptors (Lipinski definition) is 5. The number of rotatable bonds is 5. The average molecular weight is 396 g/mol. The topological polar surface area (TPSA) is 73.9 Å². The van der Waals surface area contributed by atoms with Crippen LogP contribution in [0.3, 0.4) is 0 Å². The lowest BCUT2D eigenvalue weighted by Crippen LogP contribution is -2.35. The number of benzene rings is 2. The van der Waals surface area contributed by atoms with Crippen LogP contribution >= 0.6 is 23.2 Å². The summed E-state index contributed by atoms with van der Waals surface area (Å²) in [4.78, 5) is 24.4. The number of carbonyl (C=O) groups excluding carboxylic acids is 2. The molecule has 136 valence electrons. The Balaban J connectivity index is 1.57. The van der Waals surface area contributed by atoms with Gasteiger partial charge in [0.25, 0.3) is 5.91 Å². The van der Waals surface area contributed by atoms with Crippen molar-refractivity contribution in [2.24, 2.45) is 0 Å². The van der Waals surface area contributed by atoms with Gasteiger partial charge in [-0.05, 0) is 36.8 Å². The van der Waals surface area contributed by atoms with Gasteiger partial charge in [0, 0.05) is 6.54 Å². The van der Waals surface area contributed by atoms with E-state index in [1.807, 2.05) is 6.07 Å². The van der Waals surface area contributed by atoms with Crippen molar-refractivity contribution in [3.05, 3.63) is 57.6 Å². The highest BCUT2D eigenvalue weighted by atomic mass is 35.5. The minimum Gasteiger partial charge on any atom is -0.454 e. The van der Waals surface area contributed by atoms with Crippen molar-refractivity contribution in [2.45, 2.75) is 19.6 Å². The molecule has 8 heteroatoms. The van der Waals surface area contributed by atoms with Gasteiger partial charge < -0.3 is 19.5 Å². The summed E-state index contributed by atoms with van der Waals surface area (Å²) < 4.78 is 15.7. The first-order valence-electron chi connectivity index (χ1n) is 7.77. The Bertz CT molecular complexity index is 835.